The summed E-state index contributed by atoms with van der Waals surface area (Å²) in [6.45, 7) is 5.82. The number of hydrogen-bond acceptors (Lipinski definition) is 4. The number of ether oxygens (including phenoxy) is 1. The number of rotatable bonds is 4. The van der Waals surface area contributed by atoms with E-state index < -0.39 is 11.6 Å². The average Bonchev–Trinajstić information content (AvgIpc) is 2.71. The maximum atomic E-state index is 11.3. The highest BCUT2D eigenvalue weighted by atomic mass is 16.5. The van der Waals surface area contributed by atoms with Gasteiger partial charge >= 0.3 is 5.97 Å². The van der Waals surface area contributed by atoms with Gasteiger partial charge in [-0.15, -0.1) is 0 Å². The van der Waals surface area contributed by atoms with E-state index in [1.165, 1.54) is 6.20 Å². The molecular weight excluding hydrogens is 246 g/mol. The predicted octanol–water partition coefficient (Wildman–Crippen LogP) is 2.23. The minimum Gasteiger partial charge on any atom is -0.486 e. The van der Waals surface area contributed by atoms with Gasteiger partial charge in [0.15, 0.2) is 5.65 Å². The molecule has 0 spiro atoms. The first-order chi connectivity index (χ1) is 8.85. The van der Waals surface area contributed by atoms with Crippen molar-refractivity contribution in [3.05, 3.63) is 18.0 Å². The molecule has 2 heterocycles. The first-order valence-electron chi connectivity index (χ1n) is 6.08. The molecule has 0 saturated carbocycles. The lowest BCUT2D eigenvalue weighted by Gasteiger charge is -2.26. The molecule has 0 unspecified atom stereocenters. The summed E-state index contributed by atoms with van der Waals surface area (Å²) in [5, 5.41) is 14.0. The smallest absolute Gasteiger partial charge is 0.341 e. The molecule has 0 atom stereocenters. The van der Waals surface area contributed by atoms with Crippen molar-refractivity contribution in [2.24, 2.45) is 7.05 Å². The molecule has 0 amide bonds. The Balaban J connectivity index is 2.66. The summed E-state index contributed by atoms with van der Waals surface area (Å²) in [6, 6.07) is 0. The van der Waals surface area contributed by atoms with Crippen LogP contribution in [0.2, 0.25) is 0 Å². The van der Waals surface area contributed by atoms with Gasteiger partial charge in [0, 0.05) is 13.2 Å². The van der Waals surface area contributed by atoms with Crippen LogP contribution in [0.3, 0.4) is 0 Å². The zero-order valence-electron chi connectivity index (χ0n) is 11.5. The van der Waals surface area contributed by atoms with Gasteiger partial charge in [-0.3, -0.25) is 4.68 Å². The fourth-order valence-corrected chi connectivity index (χ4v) is 1.68. The number of carboxylic acid groups (broad SMARTS) is 1. The minimum atomic E-state index is -1.06. The molecule has 0 radical (unpaired) electrons. The lowest BCUT2D eigenvalue weighted by atomic mass is 10.1. The van der Waals surface area contributed by atoms with E-state index >= 15 is 0 Å². The van der Waals surface area contributed by atoms with Gasteiger partial charge in [-0.25, -0.2) is 9.78 Å². The van der Waals surface area contributed by atoms with Crippen LogP contribution in [-0.2, 0) is 7.05 Å². The van der Waals surface area contributed by atoms with E-state index in [1.54, 1.807) is 17.9 Å². The topological polar surface area (TPSA) is 77.2 Å². The van der Waals surface area contributed by atoms with Crippen LogP contribution in [0.25, 0.3) is 11.0 Å². The molecule has 2 aromatic heterocycles. The highest BCUT2D eigenvalue weighted by Gasteiger charge is 2.24. The van der Waals surface area contributed by atoms with Gasteiger partial charge in [-0.1, -0.05) is 6.92 Å². The molecule has 0 aromatic carbocycles. The van der Waals surface area contributed by atoms with Gasteiger partial charge < -0.3 is 9.84 Å². The lowest BCUT2D eigenvalue weighted by molar-refractivity contribution is 0.0673. The second-order valence-electron chi connectivity index (χ2n) is 5.03. The summed E-state index contributed by atoms with van der Waals surface area (Å²) in [6.07, 6.45) is 3.65. The molecule has 0 aliphatic rings. The third-order valence-electron chi connectivity index (χ3n) is 3.17. The zero-order chi connectivity index (χ0) is 14.2. The fourth-order valence-electron chi connectivity index (χ4n) is 1.68. The van der Waals surface area contributed by atoms with Gasteiger partial charge in [-0.2, -0.15) is 5.10 Å². The normalized spacial score (nSPS) is 11.8. The van der Waals surface area contributed by atoms with Crippen molar-refractivity contribution in [3.63, 3.8) is 0 Å². The van der Waals surface area contributed by atoms with Gasteiger partial charge in [0.05, 0.1) is 11.6 Å². The van der Waals surface area contributed by atoms with Crippen LogP contribution in [0, 0.1) is 0 Å². The molecule has 2 rings (SSSR count). The molecule has 6 nitrogen and oxygen atoms in total. The van der Waals surface area contributed by atoms with Crippen LogP contribution >= 0.6 is 0 Å². The van der Waals surface area contributed by atoms with E-state index in [-0.39, 0.29) is 5.56 Å². The second kappa shape index (κ2) is 4.53. The Morgan fingerprint density at radius 1 is 1.47 bits per heavy atom. The highest BCUT2D eigenvalue weighted by Crippen LogP contribution is 2.32. The highest BCUT2D eigenvalue weighted by molar-refractivity contribution is 5.97. The molecule has 0 aliphatic heterocycles. The molecule has 102 valence electrons. The SMILES string of the molecule is CCC(C)(C)Oc1c(C(=O)O)cnc2c1cnn2C. The number of aromatic nitrogens is 3. The van der Waals surface area contributed by atoms with Crippen LogP contribution in [0.4, 0.5) is 0 Å². The van der Waals surface area contributed by atoms with Crippen molar-refractivity contribution >= 4 is 17.0 Å². The van der Waals surface area contributed by atoms with Gasteiger partial charge in [0.1, 0.15) is 16.9 Å². The number of pyridine rings is 1. The van der Waals surface area contributed by atoms with E-state index in [4.69, 9.17) is 4.74 Å². The van der Waals surface area contributed by atoms with Gasteiger partial charge in [0.25, 0.3) is 0 Å². The first kappa shape index (κ1) is 13.3. The van der Waals surface area contributed by atoms with Crippen molar-refractivity contribution in [3.8, 4) is 5.75 Å². The molecule has 0 saturated heterocycles. The number of fused-ring (bicyclic) bond motifs is 1. The molecule has 0 aliphatic carbocycles. The van der Waals surface area contributed by atoms with Crippen LogP contribution in [-0.4, -0.2) is 31.4 Å². The number of aryl methyl sites for hydroxylation is 1. The van der Waals surface area contributed by atoms with E-state index in [1.807, 2.05) is 20.8 Å². The maximum Gasteiger partial charge on any atom is 0.341 e. The van der Waals surface area contributed by atoms with E-state index in [0.717, 1.165) is 6.42 Å². The van der Waals surface area contributed by atoms with E-state index in [2.05, 4.69) is 10.1 Å². The Kier molecular flexibility index (Phi) is 3.18. The Labute approximate surface area is 111 Å². The van der Waals surface area contributed by atoms with Crippen LogP contribution in [0.1, 0.15) is 37.6 Å². The number of hydrogen-bond donors (Lipinski definition) is 1. The summed E-state index contributed by atoms with van der Waals surface area (Å²) >= 11 is 0. The van der Waals surface area contributed by atoms with Gasteiger partial charge in [-0.05, 0) is 20.3 Å². The molecule has 19 heavy (non-hydrogen) atoms. The molecule has 0 bridgehead atoms. The van der Waals surface area contributed by atoms with Crippen LogP contribution in [0.15, 0.2) is 12.4 Å². The number of carboxylic acids is 1. The average molecular weight is 263 g/mol. The first-order valence-corrected chi connectivity index (χ1v) is 6.08. The molecule has 1 N–H and O–H groups in total. The second-order valence-corrected chi connectivity index (χ2v) is 5.03. The molecule has 6 heteroatoms. The van der Waals surface area contributed by atoms with Gasteiger partial charge in [0.2, 0.25) is 0 Å². The van der Waals surface area contributed by atoms with Crippen molar-refractivity contribution in [2.45, 2.75) is 32.8 Å². The number of carbonyl (C=O) groups is 1. The summed E-state index contributed by atoms with van der Waals surface area (Å²) < 4.78 is 7.49. The maximum absolute atomic E-state index is 11.3. The number of aromatic carboxylic acids is 1. The minimum absolute atomic E-state index is 0.0574. The summed E-state index contributed by atoms with van der Waals surface area (Å²) in [7, 11) is 1.75. The molecule has 2 aromatic rings. The monoisotopic (exact) mass is 263 g/mol. The van der Waals surface area contributed by atoms with E-state index in [0.29, 0.717) is 16.8 Å². The standard InChI is InChI=1S/C13H17N3O3/c1-5-13(2,3)19-10-8-7-15-16(4)11(8)14-6-9(10)12(17)18/h6-7H,5H2,1-4H3,(H,17,18). The quantitative estimate of drug-likeness (QED) is 0.915. The summed E-state index contributed by atoms with van der Waals surface area (Å²) in [5.74, 6) is -0.724. The Morgan fingerprint density at radius 3 is 2.74 bits per heavy atom. The molecular formula is C13H17N3O3. The van der Waals surface area contributed by atoms with Crippen LogP contribution < -0.4 is 4.74 Å². The Hall–Kier alpha value is -2.11. The van der Waals surface area contributed by atoms with Crippen molar-refractivity contribution < 1.29 is 14.6 Å². The Bertz CT molecular complexity index is 631. The fraction of sp³-hybridized carbons (Fsp3) is 0.462. The third-order valence-corrected chi connectivity index (χ3v) is 3.17. The lowest BCUT2D eigenvalue weighted by Crippen LogP contribution is -2.28. The number of nitrogens with zero attached hydrogens (tertiary/aromatic N) is 3. The summed E-state index contributed by atoms with van der Waals surface area (Å²) in [4.78, 5) is 15.4. The van der Waals surface area contributed by atoms with Crippen molar-refractivity contribution in [1.29, 1.82) is 0 Å². The Morgan fingerprint density at radius 2 is 2.16 bits per heavy atom. The largest absolute Gasteiger partial charge is 0.486 e. The zero-order valence-corrected chi connectivity index (χ0v) is 11.5. The predicted molar refractivity (Wildman–Crippen MR) is 70.5 cm³/mol. The summed E-state index contributed by atoms with van der Waals surface area (Å²) in [5.41, 5.74) is 0.211. The van der Waals surface area contributed by atoms with Crippen LogP contribution in [0.5, 0.6) is 5.75 Å². The van der Waals surface area contributed by atoms with Crippen molar-refractivity contribution in [1.82, 2.24) is 14.8 Å². The third kappa shape index (κ3) is 2.38. The van der Waals surface area contributed by atoms with Crippen molar-refractivity contribution in [2.75, 3.05) is 0 Å². The molecule has 0 fully saturated rings. The van der Waals surface area contributed by atoms with E-state index in [9.17, 15) is 9.90 Å².